The van der Waals surface area contributed by atoms with Gasteiger partial charge in [0.05, 0.1) is 0 Å². The lowest BCUT2D eigenvalue weighted by Crippen LogP contribution is -2.13. The van der Waals surface area contributed by atoms with E-state index in [9.17, 15) is 4.79 Å². The maximum absolute atomic E-state index is 12.3. The average molecular weight is 413 g/mol. The maximum atomic E-state index is 12.3. The van der Waals surface area contributed by atoms with Crippen LogP contribution in [0.5, 0.6) is 0 Å². The number of aryl methyl sites for hydroxylation is 1. The molecule has 0 fully saturated rings. The van der Waals surface area contributed by atoms with E-state index in [4.69, 9.17) is 11.6 Å². The molecule has 1 aromatic heterocycles. The molecule has 144 valence electrons. The Bertz CT molecular complexity index is 982. The molecule has 0 unspecified atom stereocenters. The lowest BCUT2D eigenvalue weighted by Gasteiger charge is -2.08. The van der Waals surface area contributed by atoms with Crippen molar-refractivity contribution in [3.05, 3.63) is 76.3 Å². The van der Waals surface area contributed by atoms with Crippen LogP contribution in [-0.4, -0.2) is 20.7 Å². The molecule has 0 aliphatic rings. The number of aromatic nitrogens is 3. The van der Waals surface area contributed by atoms with Crippen molar-refractivity contribution in [2.45, 2.75) is 31.3 Å². The Morgan fingerprint density at radius 3 is 2.64 bits per heavy atom. The van der Waals surface area contributed by atoms with Crippen LogP contribution in [-0.2, 0) is 17.1 Å². The summed E-state index contributed by atoms with van der Waals surface area (Å²) in [5.74, 6) is 0.868. The first-order valence-corrected chi connectivity index (χ1v) is 10.3. The fourth-order valence-electron chi connectivity index (χ4n) is 2.53. The molecule has 1 amide bonds. The fourth-order valence-corrected chi connectivity index (χ4v) is 3.82. The van der Waals surface area contributed by atoms with Crippen molar-refractivity contribution in [2.24, 2.45) is 0 Å². The Balaban J connectivity index is 1.65. The predicted octanol–water partition coefficient (Wildman–Crippen LogP) is 5.20. The smallest absolute Gasteiger partial charge is 0.250 e. The van der Waals surface area contributed by atoms with E-state index in [0.717, 1.165) is 21.3 Å². The number of halogens is 1. The summed E-state index contributed by atoms with van der Waals surface area (Å²) in [6, 6.07) is 15.7. The zero-order valence-corrected chi connectivity index (χ0v) is 17.3. The van der Waals surface area contributed by atoms with Gasteiger partial charge in [-0.25, -0.2) is 0 Å². The zero-order valence-electron chi connectivity index (χ0n) is 15.7. The number of nitrogens with zero attached hydrogens (tertiary/aromatic N) is 3. The monoisotopic (exact) mass is 412 g/mol. The summed E-state index contributed by atoms with van der Waals surface area (Å²) in [5, 5.41) is 12.6. The summed E-state index contributed by atoms with van der Waals surface area (Å²) in [6.45, 7) is 4.66. The molecule has 28 heavy (non-hydrogen) atoms. The third kappa shape index (κ3) is 5.24. The van der Waals surface area contributed by atoms with Crippen LogP contribution in [0.4, 0.5) is 5.95 Å². The van der Waals surface area contributed by atoms with Crippen LogP contribution in [0.25, 0.3) is 6.08 Å². The van der Waals surface area contributed by atoms with Crippen LogP contribution in [0, 0.1) is 6.92 Å². The van der Waals surface area contributed by atoms with Gasteiger partial charge in [-0.2, -0.15) is 0 Å². The number of benzene rings is 2. The molecule has 0 atom stereocenters. The van der Waals surface area contributed by atoms with Gasteiger partial charge in [0.2, 0.25) is 5.95 Å². The lowest BCUT2D eigenvalue weighted by atomic mass is 10.1. The van der Waals surface area contributed by atoms with Gasteiger partial charge in [0.1, 0.15) is 0 Å². The predicted molar refractivity (Wildman–Crippen MR) is 116 cm³/mol. The largest absolute Gasteiger partial charge is 0.291 e. The van der Waals surface area contributed by atoms with E-state index in [2.05, 4.69) is 15.5 Å². The van der Waals surface area contributed by atoms with Crippen molar-refractivity contribution < 1.29 is 4.79 Å². The minimum absolute atomic E-state index is 0.245. The standard InChI is InChI=1S/C21H21ClN4OS/c1-3-26-20(23-19(27)13-12-16-10-8-15(2)9-11-16)24-25-21(26)28-14-17-6-4-5-7-18(17)22/h4-13H,3,14H2,1-2H3,(H,23,24,27)/b13-12+. The van der Waals surface area contributed by atoms with Gasteiger partial charge in [0, 0.05) is 23.4 Å². The molecule has 0 saturated heterocycles. The number of amides is 1. The van der Waals surface area contributed by atoms with Gasteiger partial charge in [0.25, 0.3) is 5.91 Å². The summed E-state index contributed by atoms with van der Waals surface area (Å²) in [5.41, 5.74) is 3.18. The molecule has 1 N–H and O–H groups in total. The van der Waals surface area contributed by atoms with Crippen LogP contribution >= 0.6 is 23.4 Å². The number of anilines is 1. The molecule has 1 heterocycles. The Morgan fingerprint density at radius 1 is 1.18 bits per heavy atom. The minimum Gasteiger partial charge on any atom is -0.291 e. The van der Waals surface area contributed by atoms with Gasteiger partial charge in [-0.3, -0.25) is 14.7 Å². The van der Waals surface area contributed by atoms with Crippen molar-refractivity contribution in [3.63, 3.8) is 0 Å². The Hall–Kier alpha value is -2.57. The molecular weight excluding hydrogens is 392 g/mol. The second-order valence-electron chi connectivity index (χ2n) is 6.16. The summed E-state index contributed by atoms with van der Waals surface area (Å²) in [6.07, 6.45) is 3.27. The third-order valence-corrected chi connectivity index (χ3v) is 5.47. The van der Waals surface area contributed by atoms with Crippen LogP contribution in [0.3, 0.4) is 0 Å². The van der Waals surface area contributed by atoms with Crippen LogP contribution in [0.2, 0.25) is 5.02 Å². The first-order chi connectivity index (χ1) is 13.6. The van der Waals surface area contributed by atoms with Crippen LogP contribution in [0.1, 0.15) is 23.6 Å². The molecule has 0 bridgehead atoms. The quantitative estimate of drug-likeness (QED) is 0.427. The third-order valence-electron chi connectivity index (χ3n) is 4.09. The highest BCUT2D eigenvalue weighted by Gasteiger charge is 2.13. The van der Waals surface area contributed by atoms with E-state index in [0.29, 0.717) is 18.2 Å². The van der Waals surface area contributed by atoms with Crippen molar-refractivity contribution in [3.8, 4) is 0 Å². The number of hydrogen-bond acceptors (Lipinski definition) is 4. The van der Waals surface area contributed by atoms with Gasteiger partial charge >= 0.3 is 0 Å². The fraction of sp³-hybridized carbons (Fsp3) is 0.190. The first-order valence-electron chi connectivity index (χ1n) is 8.92. The van der Waals surface area contributed by atoms with Crippen LogP contribution in [0.15, 0.2) is 59.8 Å². The highest BCUT2D eigenvalue weighted by molar-refractivity contribution is 7.98. The first kappa shape index (κ1) is 20.2. The maximum Gasteiger partial charge on any atom is 0.250 e. The minimum atomic E-state index is -0.245. The Morgan fingerprint density at radius 2 is 1.93 bits per heavy atom. The number of carbonyl (C=O) groups is 1. The molecule has 5 nitrogen and oxygen atoms in total. The topological polar surface area (TPSA) is 59.8 Å². The summed E-state index contributed by atoms with van der Waals surface area (Å²) >= 11 is 7.75. The highest BCUT2D eigenvalue weighted by atomic mass is 35.5. The molecule has 0 aliphatic carbocycles. The molecule has 0 saturated carbocycles. The van der Waals surface area contributed by atoms with Crippen molar-refractivity contribution >= 4 is 41.3 Å². The van der Waals surface area contributed by atoms with Crippen molar-refractivity contribution in [2.75, 3.05) is 5.32 Å². The molecule has 0 aliphatic heterocycles. The van der Waals surface area contributed by atoms with Crippen molar-refractivity contribution in [1.82, 2.24) is 14.8 Å². The summed E-state index contributed by atoms with van der Waals surface area (Å²) in [7, 11) is 0. The molecule has 3 aromatic rings. The molecule has 0 radical (unpaired) electrons. The zero-order chi connectivity index (χ0) is 19.9. The van der Waals surface area contributed by atoms with Gasteiger partial charge < -0.3 is 0 Å². The lowest BCUT2D eigenvalue weighted by molar-refractivity contribution is -0.111. The average Bonchev–Trinajstić information content (AvgIpc) is 3.08. The molecular formula is C21H21ClN4OS. The molecule has 2 aromatic carbocycles. The summed E-state index contributed by atoms with van der Waals surface area (Å²) < 4.78 is 1.87. The molecule has 7 heteroatoms. The second-order valence-corrected chi connectivity index (χ2v) is 7.51. The number of nitrogens with one attached hydrogen (secondary N) is 1. The van der Waals surface area contributed by atoms with Gasteiger partial charge in [-0.05, 0) is 37.1 Å². The second kappa shape index (κ2) is 9.57. The van der Waals surface area contributed by atoms with E-state index in [1.54, 1.807) is 6.08 Å². The van der Waals surface area contributed by atoms with Gasteiger partial charge in [-0.15, -0.1) is 10.2 Å². The van der Waals surface area contributed by atoms with Crippen molar-refractivity contribution in [1.29, 1.82) is 0 Å². The van der Waals surface area contributed by atoms with E-state index < -0.39 is 0 Å². The number of carbonyl (C=O) groups excluding carboxylic acids is 1. The normalized spacial score (nSPS) is 11.1. The number of thioether (sulfide) groups is 1. The van der Waals surface area contributed by atoms with E-state index in [1.807, 2.05) is 66.9 Å². The van der Waals surface area contributed by atoms with Gasteiger partial charge in [0.15, 0.2) is 5.16 Å². The SMILES string of the molecule is CCn1c(NC(=O)/C=C/c2ccc(C)cc2)nnc1SCc1ccccc1Cl. The van der Waals surface area contributed by atoms with E-state index in [1.165, 1.54) is 23.4 Å². The van der Waals surface area contributed by atoms with Gasteiger partial charge in [-0.1, -0.05) is 71.4 Å². The number of hydrogen-bond donors (Lipinski definition) is 1. The number of rotatable bonds is 7. The van der Waals surface area contributed by atoms with E-state index in [-0.39, 0.29) is 5.91 Å². The molecule has 3 rings (SSSR count). The Labute approximate surface area is 173 Å². The summed E-state index contributed by atoms with van der Waals surface area (Å²) in [4.78, 5) is 12.3. The Kier molecular flexibility index (Phi) is 6.90. The van der Waals surface area contributed by atoms with Crippen LogP contribution < -0.4 is 5.32 Å². The molecule has 0 spiro atoms. The van der Waals surface area contributed by atoms with E-state index >= 15 is 0 Å². The highest BCUT2D eigenvalue weighted by Crippen LogP contribution is 2.27.